The van der Waals surface area contributed by atoms with E-state index in [-0.39, 0.29) is 17.4 Å². The van der Waals surface area contributed by atoms with Gasteiger partial charge in [0.1, 0.15) is 0 Å². The van der Waals surface area contributed by atoms with Gasteiger partial charge >= 0.3 is 0 Å². The second-order valence-corrected chi connectivity index (χ2v) is 5.00. The molecule has 3 nitrogen and oxygen atoms in total. The van der Waals surface area contributed by atoms with Crippen molar-refractivity contribution in [1.29, 1.82) is 0 Å². The van der Waals surface area contributed by atoms with Crippen molar-refractivity contribution in [3.63, 3.8) is 0 Å². The fourth-order valence-corrected chi connectivity index (χ4v) is 1.19. The molecule has 13 heavy (non-hydrogen) atoms. The van der Waals surface area contributed by atoms with Crippen molar-refractivity contribution >= 4 is 5.91 Å². The zero-order chi connectivity index (χ0) is 10.6. The molecule has 3 heteroatoms. The van der Waals surface area contributed by atoms with Crippen LogP contribution < -0.4 is 11.1 Å². The molecule has 0 fully saturated rings. The highest BCUT2D eigenvalue weighted by molar-refractivity contribution is 5.80. The van der Waals surface area contributed by atoms with Crippen LogP contribution in [0.2, 0.25) is 0 Å². The van der Waals surface area contributed by atoms with Crippen LogP contribution in [0.15, 0.2) is 0 Å². The first-order valence-corrected chi connectivity index (χ1v) is 4.78. The fraction of sp³-hybridized carbons (Fsp3) is 0.900. The molecule has 3 N–H and O–H groups in total. The maximum Gasteiger partial charge on any atom is 0.235 e. The first-order chi connectivity index (χ1) is 5.75. The Morgan fingerprint density at radius 1 is 1.38 bits per heavy atom. The lowest BCUT2D eigenvalue weighted by molar-refractivity contribution is -0.122. The third kappa shape index (κ3) is 4.88. The molecule has 0 aromatic carbocycles. The zero-order valence-electron chi connectivity index (χ0n) is 9.35. The van der Waals surface area contributed by atoms with Crippen molar-refractivity contribution in [3.8, 4) is 0 Å². The van der Waals surface area contributed by atoms with Crippen molar-refractivity contribution in [1.82, 2.24) is 5.32 Å². The van der Waals surface area contributed by atoms with Crippen molar-refractivity contribution in [2.24, 2.45) is 17.1 Å². The summed E-state index contributed by atoms with van der Waals surface area (Å²) in [7, 11) is 0. The van der Waals surface area contributed by atoms with Gasteiger partial charge in [0.25, 0.3) is 0 Å². The van der Waals surface area contributed by atoms with Gasteiger partial charge in [-0.05, 0) is 17.9 Å². The molecule has 0 aromatic rings. The van der Waals surface area contributed by atoms with Crippen LogP contribution in [0.1, 0.15) is 34.6 Å². The standard InChI is InChI=1S/C10H22N2O/c1-7(2)6-12-8(9(11)13)10(3,4)5/h7-8,12H,6H2,1-5H3,(H2,11,13). The number of hydrogen-bond acceptors (Lipinski definition) is 2. The molecule has 0 aliphatic carbocycles. The van der Waals surface area contributed by atoms with E-state index in [0.29, 0.717) is 5.92 Å². The van der Waals surface area contributed by atoms with E-state index in [1.54, 1.807) is 0 Å². The normalized spacial score (nSPS) is 14.6. The molecular formula is C10H22N2O. The van der Waals surface area contributed by atoms with Gasteiger partial charge in [0.15, 0.2) is 0 Å². The molecule has 0 saturated heterocycles. The smallest absolute Gasteiger partial charge is 0.235 e. The molecule has 0 aromatic heterocycles. The van der Waals surface area contributed by atoms with Crippen LogP contribution in [0, 0.1) is 11.3 Å². The Labute approximate surface area is 81.1 Å². The lowest BCUT2D eigenvalue weighted by Gasteiger charge is -2.29. The molecule has 0 aliphatic rings. The summed E-state index contributed by atoms with van der Waals surface area (Å²) in [6, 6.07) is -0.241. The van der Waals surface area contributed by atoms with E-state index >= 15 is 0 Å². The maximum atomic E-state index is 11.1. The molecule has 0 radical (unpaired) electrons. The molecule has 1 unspecified atom stereocenters. The second kappa shape index (κ2) is 4.61. The van der Waals surface area contributed by atoms with Crippen LogP contribution in [0.3, 0.4) is 0 Å². The van der Waals surface area contributed by atoms with Crippen molar-refractivity contribution in [2.75, 3.05) is 6.54 Å². The minimum Gasteiger partial charge on any atom is -0.368 e. The molecule has 0 heterocycles. The minimum atomic E-state index is -0.270. The van der Waals surface area contributed by atoms with E-state index < -0.39 is 0 Å². The number of carbonyl (C=O) groups is 1. The molecule has 0 rings (SSSR count). The molecular weight excluding hydrogens is 164 g/mol. The third-order valence-electron chi connectivity index (χ3n) is 1.88. The van der Waals surface area contributed by atoms with Crippen LogP contribution in [0.4, 0.5) is 0 Å². The Morgan fingerprint density at radius 3 is 2.08 bits per heavy atom. The van der Waals surface area contributed by atoms with Crippen LogP contribution in [-0.4, -0.2) is 18.5 Å². The van der Waals surface area contributed by atoms with Gasteiger partial charge in [-0.1, -0.05) is 34.6 Å². The quantitative estimate of drug-likeness (QED) is 0.691. The number of nitrogens with one attached hydrogen (secondary N) is 1. The molecule has 1 amide bonds. The molecule has 78 valence electrons. The van der Waals surface area contributed by atoms with Crippen molar-refractivity contribution in [2.45, 2.75) is 40.7 Å². The van der Waals surface area contributed by atoms with E-state index in [1.165, 1.54) is 0 Å². The van der Waals surface area contributed by atoms with E-state index in [4.69, 9.17) is 5.73 Å². The van der Waals surface area contributed by atoms with Crippen molar-refractivity contribution < 1.29 is 4.79 Å². The summed E-state index contributed by atoms with van der Waals surface area (Å²) in [5.41, 5.74) is 5.20. The second-order valence-electron chi connectivity index (χ2n) is 5.00. The summed E-state index contributed by atoms with van der Waals surface area (Å²) in [5, 5.41) is 3.18. The largest absolute Gasteiger partial charge is 0.368 e. The lowest BCUT2D eigenvalue weighted by atomic mass is 9.86. The average Bonchev–Trinajstić information content (AvgIpc) is 1.81. The molecule has 1 atom stereocenters. The topological polar surface area (TPSA) is 55.1 Å². The fourth-order valence-electron chi connectivity index (χ4n) is 1.19. The summed E-state index contributed by atoms with van der Waals surface area (Å²) in [6.45, 7) is 11.1. The predicted octanol–water partition coefficient (Wildman–Crippen LogP) is 1.13. The number of hydrogen-bond donors (Lipinski definition) is 2. The highest BCUT2D eigenvalue weighted by Gasteiger charge is 2.28. The number of amides is 1. The van der Waals surface area contributed by atoms with Crippen LogP contribution in [-0.2, 0) is 4.79 Å². The Balaban J connectivity index is 4.20. The predicted molar refractivity (Wildman–Crippen MR) is 55.3 cm³/mol. The highest BCUT2D eigenvalue weighted by atomic mass is 16.1. The highest BCUT2D eigenvalue weighted by Crippen LogP contribution is 2.18. The zero-order valence-corrected chi connectivity index (χ0v) is 9.35. The van der Waals surface area contributed by atoms with E-state index in [0.717, 1.165) is 6.54 Å². The molecule has 0 spiro atoms. The molecule has 0 aliphatic heterocycles. The van der Waals surface area contributed by atoms with Gasteiger partial charge in [-0.25, -0.2) is 0 Å². The summed E-state index contributed by atoms with van der Waals surface area (Å²) < 4.78 is 0. The number of carbonyl (C=O) groups excluding carboxylic acids is 1. The Bertz CT molecular complexity index is 170. The van der Waals surface area contributed by atoms with Gasteiger partial charge in [0, 0.05) is 0 Å². The van der Waals surface area contributed by atoms with E-state index in [2.05, 4.69) is 19.2 Å². The summed E-state index contributed by atoms with van der Waals surface area (Å²) in [6.07, 6.45) is 0. The first kappa shape index (κ1) is 12.4. The van der Waals surface area contributed by atoms with Crippen LogP contribution in [0.25, 0.3) is 0 Å². The summed E-state index contributed by atoms with van der Waals surface area (Å²) in [5.74, 6) is 0.261. The monoisotopic (exact) mass is 186 g/mol. The summed E-state index contributed by atoms with van der Waals surface area (Å²) in [4.78, 5) is 11.1. The summed E-state index contributed by atoms with van der Waals surface area (Å²) >= 11 is 0. The molecule has 0 bridgehead atoms. The Morgan fingerprint density at radius 2 is 1.85 bits per heavy atom. The lowest BCUT2D eigenvalue weighted by Crippen LogP contribution is -2.50. The molecule has 0 saturated carbocycles. The number of rotatable bonds is 4. The van der Waals surface area contributed by atoms with E-state index in [9.17, 15) is 4.79 Å². The van der Waals surface area contributed by atoms with Gasteiger partial charge in [0.05, 0.1) is 6.04 Å². The van der Waals surface area contributed by atoms with Gasteiger partial charge in [-0.3, -0.25) is 4.79 Å². The third-order valence-corrected chi connectivity index (χ3v) is 1.88. The number of nitrogens with two attached hydrogens (primary N) is 1. The van der Waals surface area contributed by atoms with Gasteiger partial charge < -0.3 is 11.1 Å². The maximum absolute atomic E-state index is 11.1. The van der Waals surface area contributed by atoms with E-state index in [1.807, 2.05) is 20.8 Å². The SMILES string of the molecule is CC(C)CNC(C(N)=O)C(C)(C)C. The van der Waals surface area contributed by atoms with Gasteiger partial charge in [0.2, 0.25) is 5.91 Å². The van der Waals surface area contributed by atoms with Gasteiger partial charge in [-0.2, -0.15) is 0 Å². The Kier molecular flexibility index (Phi) is 4.40. The van der Waals surface area contributed by atoms with Crippen LogP contribution in [0.5, 0.6) is 0 Å². The first-order valence-electron chi connectivity index (χ1n) is 4.78. The van der Waals surface area contributed by atoms with Gasteiger partial charge in [-0.15, -0.1) is 0 Å². The average molecular weight is 186 g/mol. The number of primary amides is 1. The van der Waals surface area contributed by atoms with Crippen LogP contribution >= 0.6 is 0 Å². The van der Waals surface area contributed by atoms with Crippen molar-refractivity contribution in [3.05, 3.63) is 0 Å². The Hall–Kier alpha value is -0.570. The minimum absolute atomic E-state index is 0.110.